The summed E-state index contributed by atoms with van der Waals surface area (Å²) >= 11 is 0. The van der Waals surface area contributed by atoms with E-state index in [2.05, 4.69) is 0 Å². The minimum absolute atomic E-state index is 0.291. The molecule has 1 aromatic carbocycles. The second-order valence-electron chi connectivity index (χ2n) is 2.21. The highest BCUT2D eigenvalue weighted by Crippen LogP contribution is 2.14. The molecule has 0 fully saturated rings. The van der Waals surface area contributed by atoms with E-state index in [0.29, 0.717) is 18.9 Å². The van der Waals surface area contributed by atoms with Gasteiger partial charge in [0.15, 0.2) is 11.6 Å². The highest BCUT2D eigenvalue weighted by molar-refractivity contribution is 5.23. The number of nitrogens with two attached hydrogens (primary N) is 1. The van der Waals surface area contributed by atoms with Crippen LogP contribution in [0.3, 0.4) is 0 Å². The third-order valence-corrected chi connectivity index (χ3v) is 1.28. The Labute approximate surface area is 68.9 Å². The highest BCUT2D eigenvalue weighted by Gasteiger charge is 2.01. The highest BCUT2D eigenvalue weighted by atomic mass is 19.2. The smallest absolute Gasteiger partial charge is 0.162 e. The molecule has 2 N–H and O–H groups in total. The number of hydrogen-bond acceptors (Lipinski definition) is 2. The summed E-state index contributed by atoms with van der Waals surface area (Å²) in [7, 11) is 0. The lowest BCUT2D eigenvalue weighted by atomic mass is 10.3. The van der Waals surface area contributed by atoms with E-state index in [1.807, 2.05) is 0 Å². The van der Waals surface area contributed by atoms with Gasteiger partial charge in [-0.2, -0.15) is 0 Å². The zero-order valence-electron chi connectivity index (χ0n) is 6.39. The lowest BCUT2D eigenvalue weighted by Crippen LogP contribution is -2.10. The van der Waals surface area contributed by atoms with Crippen LogP contribution in [0.5, 0.6) is 5.75 Å². The van der Waals surface area contributed by atoms with Crippen LogP contribution in [0.2, 0.25) is 0 Å². The maximum absolute atomic E-state index is 12.5. The van der Waals surface area contributed by atoms with Crippen LogP contribution in [0, 0.1) is 11.6 Å². The molecular formula is C8H9F2NO. The molecule has 0 saturated heterocycles. The lowest BCUT2D eigenvalue weighted by Gasteiger charge is -2.03. The Bertz CT molecular complexity index is 265. The first-order valence-corrected chi connectivity index (χ1v) is 3.52. The van der Waals surface area contributed by atoms with Crippen LogP contribution in [0.4, 0.5) is 8.78 Å². The fourth-order valence-corrected chi connectivity index (χ4v) is 0.743. The molecule has 0 radical (unpaired) electrons. The molecule has 0 aliphatic heterocycles. The molecule has 4 heteroatoms. The van der Waals surface area contributed by atoms with E-state index in [4.69, 9.17) is 10.5 Å². The quantitative estimate of drug-likeness (QED) is 0.747. The molecule has 0 aliphatic carbocycles. The Kier molecular flexibility index (Phi) is 2.99. The lowest BCUT2D eigenvalue weighted by molar-refractivity contribution is 0.325. The Morgan fingerprint density at radius 1 is 1.25 bits per heavy atom. The Morgan fingerprint density at radius 3 is 2.58 bits per heavy atom. The molecule has 0 bridgehead atoms. The number of benzene rings is 1. The third kappa shape index (κ3) is 2.17. The van der Waals surface area contributed by atoms with Crippen LogP contribution in [0.25, 0.3) is 0 Å². The summed E-state index contributed by atoms with van der Waals surface area (Å²) in [5, 5.41) is 0. The van der Waals surface area contributed by atoms with E-state index in [1.54, 1.807) is 0 Å². The topological polar surface area (TPSA) is 35.2 Å². The largest absolute Gasteiger partial charge is 0.492 e. The van der Waals surface area contributed by atoms with Gasteiger partial charge < -0.3 is 10.5 Å². The van der Waals surface area contributed by atoms with Crippen molar-refractivity contribution in [3.05, 3.63) is 29.8 Å². The molecule has 2 nitrogen and oxygen atoms in total. The molecule has 0 saturated carbocycles. The van der Waals surface area contributed by atoms with Gasteiger partial charge >= 0.3 is 0 Å². The minimum atomic E-state index is -0.912. The van der Waals surface area contributed by atoms with Crippen molar-refractivity contribution < 1.29 is 13.5 Å². The van der Waals surface area contributed by atoms with Gasteiger partial charge in [-0.25, -0.2) is 8.78 Å². The average Bonchev–Trinajstić information content (AvgIpc) is 2.07. The first kappa shape index (κ1) is 8.93. The van der Waals surface area contributed by atoms with Gasteiger partial charge in [0.05, 0.1) is 0 Å². The van der Waals surface area contributed by atoms with Crippen molar-refractivity contribution in [2.24, 2.45) is 5.73 Å². The van der Waals surface area contributed by atoms with Crippen molar-refractivity contribution in [2.45, 2.75) is 0 Å². The summed E-state index contributed by atoms with van der Waals surface area (Å²) in [4.78, 5) is 0. The Hall–Kier alpha value is -1.16. The molecule has 0 heterocycles. The van der Waals surface area contributed by atoms with Gasteiger partial charge in [-0.1, -0.05) is 0 Å². The van der Waals surface area contributed by atoms with Gasteiger partial charge in [0.25, 0.3) is 0 Å². The van der Waals surface area contributed by atoms with Crippen LogP contribution in [-0.2, 0) is 0 Å². The van der Waals surface area contributed by atoms with Crippen molar-refractivity contribution in [3.8, 4) is 5.75 Å². The van der Waals surface area contributed by atoms with Gasteiger partial charge in [-0.05, 0) is 12.1 Å². The predicted octanol–water partition coefficient (Wildman–Crippen LogP) is 1.30. The molecule has 0 aliphatic rings. The fourth-order valence-electron chi connectivity index (χ4n) is 0.743. The van der Waals surface area contributed by atoms with E-state index in [0.717, 1.165) is 12.1 Å². The second kappa shape index (κ2) is 4.01. The van der Waals surface area contributed by atoms with Gasteiger partial charge in [0.1, 0.15) is 12.4 Å². The maximum atomic E-state index is 12.5. The number of hydrogen-bond donors (Lipinski definition) is 1. The molecule has 1 rings (SSSR count). The normalized spacial score (nSPS) is 9.92. The molecule has 1 aromatic rings. The molecule has 0 unspecified atom stereocenters. The SMILES string of the molecule is NCCOc1ccc(F)c(F)c1. The van der Waals surface area contributed by atoms with Crippen molar-refractivity contribution in [2.75, 3.05) is 13.2 Å². The van der Waals surface area contributed by atoms with Crippen LogP contribution in [0.15, 0.2) is 18.2 Å². The van der Waals surface area contributed by atoms with Crippen LogP contribution >= 0.6 is 0 Å². The maximum Gasteiger partial charge on any atom is 0.162 e. The summed E-state index contributed by atoms with van der Waals surface area (Å²) in [6.45, 7) is 0.643. The van der Waals surface area contributed by atoms with E-state index >= 15 is 0 Å². The fraction of sp³-hybridized carbons (Fsp3) is 0.250. The molecule has 0 aromatic heterocycles. The molecule has 0 atom stereocenters. The predicted molar refractivity (Wildman–Crippen MR) is 40.9 cm³/mol. The first-order valence-electron chi connectivity index (χ1n) is 3.52. The van der Waals surface area contributed by atoms with E-state index in [-0.39, 0.29) is 0 Å². The van der Waals surface area contributed by atoms with Crippen molar-refractivity contribution in [3.63, 3.8) is 0 Å². The third-order valence-electron chi connectivity index (χ3n) is 1.28. The number of halogens is 2. The van der Waals surface area contributed by atoms with Crippen molar-refractivity contribution in [1.82, 2.24) is 0 Å². The summed E-state index contributed by atoms with van der Waals surface area (Å²) in [5.41, 5.74) is 5.15. The summed E-state index contributed by atoms with van der Waals surface area (Å²) in [6.07, 6.45) is 0. The van der Waals surface area contributed by atoms with Gasteiger partial charge in [-0.15, -0.1) is 0 Å². The second-order valence-corrected chi connectivity index (χ2v) is 2.21. The summed E-state index contributed by atoms with van der Waals surface area (Å²) in [5.74, 6) is -1.50. The Morgan fingerprint density at radius 2 is 2.00 bits per heavy atom. The van der Waals surface area contributed by atoms with E-state index in [1.165, 1.54) is 6.07 Å². The van der Waals surface area contributed by atoms with Crippen LogP contribution < -0.4 is 10.5 Å². The standard InChI is InChI=1S/C8H9F2NO/c9-7-2-1-6(5-8(7)10)12-4-3-11/h1-2,5H,3-4,11H2. The van der Waals surface area contributed by atoms with Gasteiger partial charge in [-0.3, -0.25) is 0 Å². The average molecular weight is 173 g/mol. The van der Waals surface area contributed by atoms with Crippen LogP contribution in [0.1, 0.15) is 0 Å². The summed E-state index contributed by atoms with van der Waals surface area (Å²) in [6, 6.07) is 3.36. The van der Waals surface area contributed by atoms with Crippen molar-refractivity contribution >= 4 is 0 Å². The van der Waals surface area contributed by atoms with E-state index in [9.17, 15) is 8.78 Å². The summed E-state index contributed by atoms with van der Waals surface area (Å²) < 4.78 is 29.8. The monoisotopic (exact) mass is 173 g/mol. The van der Waals surface area contributed by atoms with Crippen molar-refractivity contribution in [1.29, 1.82) is 0 Å². The zero-order chi connectivity index (χ0) is 8.97. The molecule has 0 amide bonds. The van der Waals surface area contributed by atoms with Crippen LogP contribution in [-0.4, -0.2) is 13.2 Å². The Balaban J connectivity index is 2.69. The molecular weight excluding hydrogens is 164 g/mol. The molecule has 66 valence electrons. The zero-order valence-corrected chi connectivity index (χ0v) is 6.39. The minimum Gasteiger partial charge on any atom is -0.492 e. The van der Waals surface area contributed by atoms with Gasteiger partial charge in [0.2, 0.25) is 0 Å². The first-order chi connectivity index (χ1) is 5.74. The molecule has 0 spiro atoms. The number of ether oxygens (including phenoxy) is 1. The molecule has 12 heavy (non-hydrogen) atoms. The number of rotatable bonds is 3. The van der Waals surface area contributed by atoms with Gasteiger partial charge in [0, 0.05) is 12.6 Å². The van der Waals surface area contributed by atoms with E-state index < -0.39 is 11.6 Å².